The first-order chi connectivity index (χ1) is 7.75. The normalized spacial score (nSPS) is 10.1. The molecule has 82 valence electrons. The van der Waals surface area contributed by atoms with Crippen LogP contribution in [0.1, 0.15) is 5.56 Å². The number of hydrogen-bond acceptors (Lipinski definition) is 2. The van der Waals surface area contributed by atoms with E-state index in [1.54, 1.807) is 6.20 Å². The average Bonchev–Trinajstić information content (AvgIpc) is 2.28. The Morgan fingerprint density at radius 2 is 1.94 bits per heavy atom. The Morgan fingerprint density at radius 1 is 1.12 bits per heavy atom. The number of aromatic nitrogens is 1. The zero-order chi connectivity index (χ0) is 11.4. The first kappa shape index (κ1) is 11.6. The summed E-state index contributed by atoms with van der Waals surface area (Å²) in [6, 6.07) is 10.2. The summed E-state index contributed by atoms with van der Waals surface area (Å²) in [7, 11) is 0. The SMILES string of the molecule is Brc1cncc(NCc2ccccc2Br)c1. The van der Waals surface area contributed by atoms with Crippen LogP contribution in [0.25, 0.3) is 0 Å². The maximum atomic E-state index is 4.10. The van der Waals surface area contributed by atoms with Gasteiger partial charge in [0.2, 0.25) is 0 Å². The van der Waals surface area contributed by atoms with Gasteiger partial charge in [-0.05, 0) is 33.6 Å². The van der Waals surface area contributed by atoms with E-state index in [1.165, 1.54) is 5.56 Å². The van der Waals surface area contributed by atoms with E-state index in [0.29, 0.717) is 0 Å². The Kier molecular flexibility index (Phi) is 3.96. The Bertz CT molecular complexity index is 486. The molecule has 2 rings (SSSR count). The number of halogens is 2. The summed E-state index contributed by atoms with van der Waals surface area (Å²) in [4.78, 5) is 4.10. The van der Waals surface area contributed by atoms with E-state index in [-0.39, 0.29) is 0 Å². The third kappa shape index (κ3) is 3.06. The largest absolute Gasteiger partial charge is 0.380 e. The quantitative estimate of drug-likeness (QED) is 0.904. The summed E-state index contributed by atoms with van der Waals surface area (Å²) in [5.74, 6) is 0. The molecule has 2 nitrogen and oxygen atoms in total. The van der Waals surface area contributed by atoms with Gasteiger partial charge in [0.1, 0.15) is 0 Å². The molecular weight excluding hydrogens is 332 g/mol. The van der Waals surface area contributed by atoms with Crippen LogP contribution in [-0.2, 0) is 6.54 Å². The zero-order valence-electron chi connectivity index (χ0n) is 8.45. The van der Waals surface area contributed by atoms with E-state index in [4.69, 9.17) is 0 Å². The molecule has 1 aromatic carbocycles. The van der Waals surface area contributed by atoms with E-state index >= 15 is 0 Å². The standard InChI is InChI=1S/C12H10Br2N2/c13-10-5-11(8-15-7-10)16-6-9-3-1-2-4-12(9)14/h1-5,7-8,16H,6H2. The summed E-state index contributed by atoms with van der Waals surface area (Å²) < 4.78 is 2.09. The van der Waals surface area contributed by atoms with Crippen LogP contribution in [0.5, 0.6) is 0 Å². The van der Waals surface area contributed by atoms with E-state index in [9.17, 15) is 0 Å². The van der Waals surface area contributed by atoms with Gasteiger partial charge in [0.15, 0.2) is 0 Å². The first-order valence-electron chi connectivity index (χ1n) is 4.83. The maximum Gasteiger partial charge on any atom is 0.0540 e. The smallest absolute Gasteiger partial charge is 0.0540 e. The molecule has 0 fully saturated rings. The van der Waals surface area contributed by atoms with Crippen molar-refractivity contribution < 1.29 is 0 Å². The van der Waals surface area contributed by atoms with E-state index in [2.05, 4.69) is 48.2 Å². The number of pyridine rings is 1. The molecule has 0 saturated carbocycles. The van der Waals surface area contributed by atoms with Gasteiger partial charge in [0.25, 0.3) is 0 Å². The lowest BCUT2D eigenvalue weighted by molar-refractivity contribution is 1.12. The molecule has 0 bridgehead atoms. The third-order valence-corrected chi connectivity index (χ3v) is 3.35. The van der Waals surface area contributed by atoms with Crippen molar-refractivity contribution in [2.24, 2.45) is 0 Å². The highest BCUT2D eigenvalue weighted by Gasteiger charge is 1.98. The lowest BCUT2D eigenvalue weighted by Gasteiger charge is -2.07. The summed E-state index contributed by atoms with van der Waals surface area (Å²) in [6.07, 6.45) is 3.57. The predicted octanol–water partition coefficient (Wildman–Crippen LogP) is 4.22. The predicted molar refractivity (Wildman–Crippen MR) is 73.4 cm³/mol. The number of benzene rings is 1. The van der Waals surface area contributed by atoms with Crippen LogP contribution in [0.15, 0.2) is 51.7 Å². The molecule has 0 aliphatic rings. The zero-order valence-corrected chi connectivity index (χ0v) is 11.6. The van der Waals surface area contributed by atoms with Gasteiger partial charge in [0, 0.05) is 21.7 Å². The molecule has 1 N–H and O–H groups in total. The van der Waals surface area contributed by atoms with Gasteiger partial charge in [0.05, 0.1) is 11.9 Å². The van der Waals surface area contributed by atoms with Gasteiger partial charge in [-0.25, -0.2) is 0 Å². The van der Waals surface area contributed by atoms with Crippen molar-refractivity contribution in [3.63, 3.8) is 0 Å². The molecular formula is C12H10Br2N2. The number of anilines is 1. The Morgan fingerprint density at radius 3 is 2.69 bits per heavy atom. The van der Waals surface area contributed by atoms with Crippen molar-refractivity contribution in [1.82, 2.24) is 4.98 Å². The van der Waals surface area contributed by atoms with Crippen LogP contribution in [-0.4, -0.2) is 4.98 Å². The minimum Gasteiger partial charge on any atom is -0.380 e. The summed E-state index contributed by atoms with van der Waals surface area (Å²) in [5, 5.41) is 3.32. The van der Waals surface area contributed by atoms with Gasteiger partial charge in [-0.1, -0.05) is 34.1 Å². The fourth-order valence-electron chi connectivity index (χ4n) is 1.35. The molecule has 4 heteroatoms. The number of nitrogens with one attached hydrogen (secondary N) is 1. The second-order valence-electron chi connectivity index (χ2n) is 3.34. The van der Waals surface area contributed by atoms with Crippen molar-refractivity contribution in [2.45, 2.75) is 6.54 Å². The highest BCUT2D eigenvalue weighted by molar-refractivity contribution is 9.10. The highest BCUT2D eigenvalue weighted by atomic mass is 79.9. The summed E-state index contributed by atoms with van der Waals surface area (Å²) in [5.41, 5.74) is 2.23. The van der Waals surface area contributed by atoms with Crippen molar-refractivity contribution in [1.29, 1.82) is 0 Å². The number of nitrogens with zero attached hydrogens (tertiary/aromatic N) is 1. The van der Waals surface area contributed by atoms with Crippen LogP contribution in [0, 0.1) is 0 Å². The van der Waals surface area contributed by atoms with Gasteiger partial charge in [-0.15, -0.1) is 0 Å². The van der Waals surface area contributed by atoms with Crippen molar-refractivity contribution in [3.8, 4) is 0 Å². The molecule has 1 heterocycles. The maximum absolute atomic E-state index is 4.10. The van der Waals surface area contributed by atoms with Crippen LogP contribution < -0.4 is 5.32 Å². The third-order valence-electron chi connectivity index (χ3n) is 2.15. The molecule has 16 heavy (non-hydrogen) atoms. The van der Waals surface area contributed by atoms with Crippen LogP contribution in [0.3, 0.4) is 0 Å². The van der Waals surface area contributed by atoms with Crippen molar-refractivity contribution >= 4 is 37.5 Å². The topological polar surface area (TPSA) is 24.9 Å². The number of hydrogen-bond donors (Lipinski definition) is 1. The van der Waals surface area contributed by atoms with Crippen LogP contribution in [0.2, 0.25) is 0 Å². The molecule has 0 saturated heterocycles. The molecule has 0 atom stereocenters. The molecule has 0 radical (unpaired) electrons. The number of rotatable bonds is 3. The second-order valence-corrected chi connectivity index (χ2v) is 5.11. The van der Waals surface area contributed by atoms with E-state index in [1.807, 2.05) is 30.5 Å². The average molecular weight is 342 g/mol. The fraction of sp³-hybridized carbons (Fsp3) is 0.0833. The molecule has 0 unspecified atom stereocenters. The lowest BCUT2D eigenvalue weighted by atomic mass is 10.2. The highest BCUT2D eigenvalue weighted by Crippen LogP contribution is 2.18. The second kappa shape index (κ2) is 5.46. The minimum absolute atomic E-state index is 0.777. The Labute approximate surface area is 111 Å². The van der Waals surface area contributed by atoms with Gasteiger partial charge in [-0.2, -0.15) is 0 Å². The molecule has 2 aromatic rings. The van der Waals surface area contributed by atoms with Gasteiger partial charge >= 0.3 is 0 Å². The minimum atomic E-state index is 0.777. The molecule has 0 aliphatic heterocycles. The van der Waals surface area contributed by atoms with Crippen molar-refractivity contribution in [2.75, 3.05) is 5.32 Å². The lowest BCUT2D eigenvalue weighted by Crippen LogP contribution is -2.00. The monoisotopic (exact) mass is 340 g/mol. The van der Waals surface area contributed by atoms with Gasteiger partial charge in [-0.3, -0.25) is 4.98 Å². The molecule has 0 spiro atoms. The van der Waals surface area contributed by atoms with Crippen LogP contribution in [0.4, 0.5) is 5.69 Å². The Hall–Kier alpha value is -0.870. The fourth-order valence-corrected chi connectivity index (χ4v) is 2.14. The van der Waals surface area contributed by atoms with Crippen molar-refractivity contribution in [3.05, 3.63) is 57.2 Å². The molecule has 0 aliphatic carbocycles. The summed E-state index contributed by atoms with van der Waals surface area (Å²) in [6.45, 7) is 0.777. The van der Waals surface area contributed by atoms with Crippen LogP contribution >= 0.6 is 31.9 Å². The molecule has 0 amide bonds. The summed E-state index contributed by atoms with van der Waals surface area (Å²) >= 11 is 6.91. The van der Waals surface area contributed by atoms with E-state index in [0.717, 1.165) is 21.2 Å². The van der Waals surface area contributed by atoms with Gasteiger partial charge < -0.3 is 5.32 Å². The van der Waals surface area contributed by atoms with E-state index < -0.39 is 0 Å². The Balaban J connectivity index is 2.05. The first-order valence-corrected chi connectivity index (χ1v) is 6.42. The molecule has 1 aromatic heterocycles.